The first-order chi connectivity index (χ1) is 6.77. The Hall–Kier alpha value is -1.32. The largest absolute Gasteiger partial charge is 0.328 e. The summed E-state index contributed by atoms with van der Waals surface area (Å²) in [7, 11) is 0. The van der Waals surface area contributed by atoms with Gasteiger partial charge in [0.25, 0.3) is 0 Å². The van der Waals surface area contributed by atoms with Crippen LogP contribution in [0.3, 0.4) is 0 Å². The minimum Gasteiger partial charge on any atom is -0.328 e. The van der Waals surface area contributed by atoms with Crippen LogP contribution in [0.1, 0.15) is 24.1 Å². The van der Waals surface area contributed by atoms with E-state index in [1.807, 2.05) is 13.1 Å². The van der Waals surface area contributed by atoms with E-state index in [2.05, 4.69) is 35.1 Å². The monoisotopic (exact) mass is 189 g/mol. The van der Waals surface area contributed by atoms with Gasteiger partial charge in [-0.3, -0.25) is 0 Å². The number of hydrogen-bond acceptors (Lipinski definition) is 3. The Labute approximate surface area is 84.0 Å². The van der Waals surface area contributed by atoms with Crippen LogP contribution in [-0.2, 0) is 0 Å². The standard InChI is InChI=1S/C11H15N3/c1-8(12)9-2-4-10(5-3-9)11-6-13-14-7-11/h2-6,8,13-14H,7,12H2,1H3. The summed E-state index contributed by atoms with van der Waals surface area (Å²) in [5, 5.41) is 0. The molecule has 3 heteroatoms. The van der Waals surface area contributed by atoms with Gasteiger partial charge in [-0.1, -0.05) is 24.3 Å². The number of nitrogens with one attached hydrogen (secondary N) is 2. The number of nitrogens with two attached hydrogens (primary N) is 1. The summed E-state index contributed by atoms with van der Waals surface area (Å²) in [4.78, 5) is 0. The van der Waals surface area contributed by atoms with Crippen molar-refractivity contribution in [1.82, 2.24) is 10.9 Å². The molecule has 0 aliphatic carbocycles. The number of hydrazine groups is 1. The van der Waals surface area contributed by atoms with Crippen LogP contribution < -0.4 is 16.6 Å². The van der Waals surface area contributed by atoms with Crippen molar-refractivity contribution in [2.75, 3.05) is 6.54 Å². The fourth-order valence-corrected chi connectivity index (χ4v) is 1.52. The lowest BCUT2D eigenvalue weighted by atomic mass is 10.0. The fourth-order valence-electron chi connectivity index (χ4n) is 1.52. The average Bonchev–Trinajstić information content (AvgIpc) is 2.71. The van der Waals surface area contributed by atoms with E-state index in [4.69, 9.17) is 5.73 Å². The quantitative estimate of drug-likeness (QED) is 0.654. The predicted molar refractivity (Wildman–Crippen MR) is 58.2 cm³/mol. The van der Waals surface area contributed by atoms with Gasteiger partial charge >= 0.3 is 0 Å². The molecule has 0 radical (unpaired) electrons. The Balaban J connectivity index is 2.21. The average molecular weight is 189 g/mol. The third-order valence-corrected chi connectivity index (χ3v) is 2.43. The second-order valence-electron chi connectivity index (χ2n) is 3.58. The summed E-state index contributed by atoms with van der Waals surface area (Å²) in [6.07, 6.45) is 1.99. The molecule has 0 amide bonds. The van der Waals surface area contributed by atoms with Crippen LogP contribution in [0, 0.1) is 0 Å². The zero-order valence-electron chi connectivity index (χ0n) is 8.25. The molecule has 1 aromatic carbocycles. The maximum absolute atomic E-state index is 5.78. The highest BCUT2D eigenvalue weighted by molar-refractivity contribution is 5.68. The van der Waals surface area contributed by atoms with Crippen LogP contribution in [-0.4, -0.2) is 6.54 Å². The molecule has 2 rings (SSSR count). The molecular weight excluding hydrogens is 174 g/mol. The van der Waals surface area contributed by atoms with E-state index in [0.29, 0.717) is 0 Å². The third-order valence-electron chi connectivity index (χ3n) is 2.43. The molecule has 1 heterocycles. The SMILES string of the molecule is CC(N)c1ccc(C2=CNNC2)cc1. The molecule has 0 saturated carbocycles. The lowest BCUT2D eigenvalue weighted by molar-refractivity contribution is 0.729. The van der Waals surface area contributed by atoms with E-state index < -0.39 is 0 Å². The first-order valence-electron chi connectivity index (χ1n) is 4.81. The van der Waals surface area contributed by atoms with Crippen molar-refractivity contribution in [2.24, 2.45) is 5.73 Å². The van der Waals surface area contributed by atoms with Crippen molar-refractivity contribution in [3.05, 3.63) is 41.6 Å². The summed E-state index contributed by atoms with van der Waals surface area (Å²) in [5.41, 5.74) is 15.5. The Bertz CT molecular complexity index is 338. The molecule has 0 aromatic heterocycles. The minimum atomic E-state index is 0.109. The van der Waals surface area contributed by atoms with Crippen LogP contribution in [0.2, 0.25) is 0 Å². The van der Waals surface area contributed by atoms with E-state index in [1.54, 1.807) is 0 Å². The normalized spacial score (nSPS) is 17.4. The van der Waals surface area contributed by atoms with E-state index in [9.17, 15) is 0 Å². The highest BCUT2D eigenvalue weighted by atomic mass is 15.4. The third kappa shape index (κ3) is 1.78. The van der Waals surface area contributed by atoms with Crippen LogP contribution in [0.25, 0.3) is 5.57 Å². The molecule has 1 aliphatic heterocycles. The lowest BCUT2D eigenvalue weighted by Crippen LogP contribution is -2.20. The topological polar surface area (TPSA) is 50.1 Å². The van der Waals surface area contributed by atoms with Gasteiger partial charge in [0.05, 0.1) is 0 Å². The van der Waals surface area contributed by atoms with Crippen molar-refractivity contribution in [3.63, 3.8) is 0 Å². The summed E-state index contributed by atoms with van der Waals surface area (Å²) in [5.74, 6) is 0. The van der Waals surface area contributed by atoms with Gasteiger partial charge in [0.2, 0.25) is 0 Å². The van der Waals surface area contributed by atoms with Crippen molar-refractivity contribution in [1.29, 1.82) is 0 Å². The first kappa shape index (κ1) is 9.24. The maximum atomic E-state index is 5.78. The molecule has 0 saturated heterocycles. The van der Waals surface area contributed by atoms with Gasteiger partial charge in [0.15, 0.2) is 0 Å². The van der Waals surface area contributed by atoms with Gasteiger partial charge in [0, 0.05) is 18.8 Å². The molecule has 3 nitrogen and oxygen atoms in total. The zero-order valence-corrected chi connectivity index (χ0v) is 8.25. The molecule has 14 heavy (non-hydrogen) atoms. The van der Waals surface area contributed by atoms with Gasteiger partial charge < -0.3 is 11.2 Å². The molecule has 1 unspecified atom stereocenters. The van der Waals surface area contributed by atoms with Crippen molar-refractivity contribution < 1.29 is 0 Å². The van der Waals surface area contributed by atoms with E-state index >= 15 is 0 Å². The lowest BCUT2D eigenvalue weighted by Gasteiger charge is -2.06. The van der Waals surface area contributed by atoms with E-state index in [1.165, 1.54) is 16.7 Å². The van der Waals surface area contributed by atoms with Crippen LogP contribution in [0.4, 0.5) is 0 Å². The van der Waals surface area contributed by atoms with E-state index in [-0.39, 0.29) is 6.04 Å². The van der Waals surface area contributed by atoms with Crippen LogP contribution >= 0.6 is 0 Å². The Morgan fingerprint density at radius 3 is 2.50 bits per heavy atom. The summed E-state index contributed by atoms with van der Waals surface area (Å²) < 4.78 is 0. The molecule has 0 spiro atoms. The fraction of sp³-hybridized carbons (Fsp3) is 0.273. The van der Waals surface area contributed by atoms with Gasteiger partial charge in [-0.25, -0.2) is 5.43 Å². The van der Waals surface area contributed by atoms with Crippen molar-refractivity contribution in [3.8, 4) is 0 Å². The van der Waals surface area contributed by atoms with E-state index in [0.717, 1.165) is 6.54 Å². The van der Waals surface area contributed by atoms with Gasteiger partial charge in [-0.15, -0.1) is 0 Å². The van der Waals surface area contributed by atoms with Gasteiger partial charge in [0.1, 0.15) is 0 Å². The van der Waals surface area contributed by atoms with Crippen LogP contribution in [0.5, 0.6) is 0 Å². The zero-order chi connectivity index (χ0) is 9.97. The molecule has 1 atom stereocenters. The first-order valence-corrected chi connectivity index (χ1v) is 4.81. The molecule has 0 fully saturated rings. The number of rotatable bonds is 2. The second kappa shape index (κ2) is 3.82. The Kier molecular flexibility index (Phi) is 2.52. The highest BCUT2D eigenvalue weighted by Gasteiger charge is 2.06. The number of benzene rings is 1. The Morgan fingerprint density at radius 1 is 1.29 bits per heavy atom. The van der Waals surface area contributed by atoms with Gasteiger partial charge in [-0.2, -0.15) is 0 Å². The van der Waals surface area contributed by atoms with Crippen LogP contribution in [0.15, 0.2) is 30.5 Å². The molecular formula is C11H15N3. The molecule has 4 N–H and O–H groups in total. The highest BCUT2D eigenvalue weighted by Crippen LogP contribution is 2.17. The minimum absolute atomic E-state index is 0.109. The molecule has 1 aromatic rings. The number of hydrogen-bond donors (Lipinski definition) is 3. The maximum Gasteiger partial charge on any atom is 0.0419 e. The molecule has 74 valence electrons. The van der Waals surface area contributed by atoms with Gasteiger partial charge in [-0.05, 0) is 23.6 Å². The Morgan fingerprint density at radius 2 is 2.00 bits per heavy atom. The molecule has 1 aliphatic rings. The van der Waals surface area contributed by atoms with Crippen molar-refractivity contribution >= 4 is 5.57 Å². The second-order valence-corrected chi connectivity index (χ2v) is 3.58. The predicted octanol–water partition coefficient (Wildman–Crippen LogP) is 1.16. The summed E-state index contributed by atoms with van der Waals surface area (Å²) in [6, 6.07) is 8.49. The molecule has 0 bridgehead atoms. The van der Waals surface area contributed by atoms with Crippen molar-refractivity contribution in [2.45, 2.75) is 13.0 Å². The smallest absolute Gasteiger partial charge is 0.0419 e. The summed E-state index contributed by atoms with van der Waals surface area (Å²) in [6.45, 7) is 2.87. The summed E-state index contributed by atoms with van der Waals surface area (Å²) >= 11 is 0.